The van der Waals surface area contributed by atoms with Crippen molar-refractivity contribution in [2.45, 2.75) is 44.4 Å². The molecule has 1 saturated heterocycles. The molecule has 1 aliphatic heterocycles. The van der Waals surface area contributed by atoms with Crippen molar-refractivity contribution in [1.29, 1.82) is 0 Å². The van der Waals surface area contributed by atoms with Crippen LogP contribution in [-0.4, -0.2) is 47.9 Å². The monoisotopic (exact) mass is 336 g/mol. The molecule has 6 heteroatoms. The normalized spacial score (nSPS) is 23.6. The van der Waals surface area contributed by atoms with Gasteiger partial charge in [0.2, 0.25) is 0 Å². The number of benzene rings is 1. The number of morpholine rings is 1. The number of urea groups is 1. The Hall–Kier alpha value is -1.66. The predicted molar refractivity (Wildman–Crippen MR) is 88.0 cm³/mol. The highest BCUT2D eigenvalue weighted by Gasteiger charge is 2.36. The van der Waals surface area contributed by atoms with E-state index in [0.29, 0.717) is 32.1 Å². The summed E-state index contributed by atoms with van der Waals surface area (Å²) in [5.41, 5.74) is 0.938. The molecule has 24 heavy (non-hydrogen) atoms. The van der Waals surface area contributed by atoms with Crippen LogP contribution in [-0.2, 0) is 4.74 Å². The summed E-state index contributed by atoms with van der Waals surface area (Å²) in [6.07, 6.45) is 2.16. The van der Waals surface area contributed by atoms with Crippen LogP contribution in [0.4, 0.5) is 9.18 Å². The van der Waals surface area contributed by atoms with Gasteiger partial charge in [0.25, 0.3) is 0 Å². The molecular weight excluding hydrogens is 311 g/mol. The van der Waals surface area contributed by atoms with Gasteiger partial charge in [-0.2, -0.15) is 0 Å². The van der Waals surface area contributed by atoms with E-state index in [2.05, 4.69) is 5.32 Å². The Kier molecular flexibility index (Phi) is 5.36. The van der Waals surface area contributed by atoms with E-state index < -0.39 is 6.10 Å². The summed E-state index contributed by atoms with van der Waals surface area (Å²) < 4.78 is 18.6. The van der Waals surface area contributed by atoms with Crippen molar-refractivity contribution < 1.29 is 19.0 Å². The van der Waals surface area contributed by atoms with Crippen LogP contribution in [0.1, 0.15) is 37.8 Å². The summed E-state index contributed by atoms with van der Waals surface area (Å²) >= 11 is 0. The van der Waals surface area contributed by atoms with Crippen molar-refractivity contribution in [3.8, 4) is 0 Å². The van der Waals surface area contributed by atoms with Crippen LogP contribution < -0.4 is 5.32 Å². The Labute approximate surface area is 141 Å². The fraction of sp³-hybridized carbons (Fsp3) is 0.611. The number of hydrogen-bond acceptors (Lipinski definition) is 3. The van der Waals surface area contributed by atoms with E-state index >= 15 is 0 Å². The quantitative estimate of drug-likeness (QED) is 0.868. The fourth-order valence-electron chi connectivity index (χ4n) is 3.30. The summed E-state index contributed by atoms with van der Waals surface area (Å²) in [7, 11) is 0. The molecule has 1 aromatic carbocycles. The maximum Gasteiger partial charge on any atom is 0.318 e. The van der Waals surface area contributed by atoms with Gasteiger partial charge >= 0.3 is 6.03 Å². The number of halogens is 1. The average Bonchev–Trinajstić information content (AvgIpc) is 3.38. The van der Waals surface area contributed by atoms with E-state index in [0.717, 1.165) is 18.4 Å². The lowest BCUT2D eigenvalue weighted by Crippen LogP contribution is -2.54. The highest BCUT2D eigenvalue weighted by molar-refractivity contribution is 5.75. The Morgan fingerprint density at radius 2 is 2.12 bits per heavy atom. The van der Waals surface area contributed by atoms with Gasteiger partial charge in [0.15, 0.2) is 0 Å². The number of nitrogens with one attached hydrogen (secondary N) is 1. The number of carbonyl (C=O) groups excluding carboxylic acids is 1. The van der Waals surface area contributed by atoms with Gasteiger partial charge in [-0.15, -0.1) is 0 Å². The minimum absolute atomic E-state index is 0.0897. The highest BCUT2D eigenvalue weighted by atomic mass is 19.1. The SMILES string of the molecule is C[C@H](O)C[C@@H]1COCCN1C(=O)N[C@@H](c1ccc(F)cc1)C1CC1. The Morgan fingerprint density at radius 1 is 1.42 bits per heavy atom. The summed E-state index contributed by atoms with van der Waals surface area (Å²) in [5.74, 6) is 0.139. The van der Waals surface area contributed by atoms with Crippen molar-refractivity contribution >= 4 is 6.03 Å². The van der Waals surface area contributed by atoms with Gasteiger partial charge in [-0.25, -0.2) is 9.18 Å². The second-order valence-electron chi connectivity index (χ2n) is 6.82. The molecule has 132 valence electrons. The molecule has 1 aliphatic carbocycles. The fourth-order valence-corrected chi connectivity index (χ4v) is 3.30. The third-order valence-electron chi connectivity index (χ3n) is 4.70. The number of rotatable bonds is 5. The maximum absolute atomic E-state index is 13.2. The second kappa shape index (κ2) is 7.49. The van der Waals surface area contributed by atoms with Gasteiger partial charge in [0.1, 0.15) is 5.82 Å². The summed E-state index contributed by atoms with van der Waals surface area (Å²) in [6, 6.07) is 6.00. The van der Waals surface area contributed by atoms with E-state index in [1.165, 1.54) is 12.1 Å². The van der Waals surface area contributed by atoms with Crippen LogP contribution >= 0.6 is 0 Å². The number of aliphatic hydroxyl groups excluding tert-OH is 1. The second-order valence-corrected chi connectivity index (χ2v) is 6.82. The van der Waals surface area contributed by atoms with Crippen molar-refractivity contribution in [3.63, 3.8) is 0 Å². The van der Waals surface area contributed by atoms with Gasteiger partial charge in [-0.05, 0) is 49.8 Å². The molecule has 1 heterocycles. The lowest BCUT2D eigenvalue weighted by atomic mass is 10.0. The van der Waals surface area contributed by atoms with Gasteiger partial charge in [-0.1, -0.05) is 12.1 Å². The molecule has 1 aromatic rings. The summed E-state index contributed by atoms with van der Waals surface area (Å²) in [4.78, 5) is 14.5. The molecule has 2 N–H and O–H groups in total. The molecule has 2 fully saturated rings. The summed E-state index contributed by atoms with van der Waals surface area (Å²) in [6.45, 7) is 3.19. The van der Waals surface area contributed by atoms with Gasteiger partial charge in [-0.3, -0.25) is 0 Å². The zero-order chi connectivity index (χ0) is 17.1. The van der Waals surface area contributed by atoms with Gasteiger partial charge in [0, 0.05) is 6.54 Å². The number of carbonyl (C=O) groups is 1. The van der Waals surface area contributed by atoms with Crippen LogP contribution in [0.5, 0.6) is 0 Å². The van der Waals surface area contributed by atoms with E-state index in [-0.39, 0.29) is 23.9 Å². The highest BCUT2D eigenvalue weighted by Crippen LogP contribution is 2.41. The number of hydrogen-bond donors (Lipinski definition) is 2. The first kappa shape index (κ1) is 17.2. The average molecular weight is 336 g/mol. The van der Waals surface area contributed by atoms with Crippen molar-refractivity contribution in [2.75, 3.05) is 19.8 Å². The molecule has 0 spiro atoms. The van der Waals surface area contributed by atoms with Crippen molar-refractivity contribution in [2.24, 2.45) is 5.92 Å². The summed E-state index contributed by atoms with van der Waals surface area (Å²) in [5, 5.41) is 12.8. The molecule has 0 unspecified atom stereocenters. The van der Waals surface area contributed by atoms with Crippen LogP contribution in [0.15, 0.2) is 24.3 Å². The zero-order valence-corrected chi connectivity index (χ0v) is 14.0. The molecule has 0 bridgehead atoms. The molecule has 1 saturated carbocycles. The number of nitrogens with zero attached hydrogens (tertiary/aromatic N) is 1. The van der Waals surface area contributed by atoms with Crippen LogP contribution in [0.2, 0.25) is 0 Å². The van der Waals surface area contributed by atoms with Crippen LogP contribution in [0.25, 0.3) is 0 Å². The number of aliphatic hydroxyl groups is 1. The molecular formula is C18H25FN2O3. The topological polar surface area (TPSA) is 61.8 Å². The van der Waals surface area contributed by atoms with E-state index in [1.807, 2.05) is 0 Å². The number of ether oxygens (including phenoxy) is 1. The maximum atomic E-state index is 13.2. The minimum atomic E-state index is -0.483. The van der Waals surface area contributed by atoms with Crippen LogP contribution in [0, 0.1) is 11.7 Å². The van der Waals surface area contributed by atoms with Crippen molar-refractivity contribution in [3.05, 3.63) is 35.6 Å². The van der Waals surface area contributed by atoms with Crippen LogP contribution in [0.3, 0.4) is 0 Å². The van der Waals surface area contributed by atoms with Gasteiger partial charge in [0.05, 0.1) is 31.4 Å². The largest absolute Gasteiger partial charge is 0.393 e. The first-order valence-corrected chi connectivity index (χ1v) is 8.63. The molecule has 2 amide bonds. The number of amides is 2. The first-order valence-electron chi connectivity index (χ1n) is 8.63. The lowest BCUT2D eigenvalue weighted by molar-refractivity contribution is -0.00497. The molecule has 3 rings (SSSR count). The zero-order valence-electron chi connectivity index (χ0n) is 14.0. The van der Waals surface area contributed by atoms with Crippen molar-refractivity contribution in [1.82, 2.24) is 10.2 Å². The van der Waals surface area contributed by atoms with E-state index in [9.17, 15) is 14.3 Å². The third-order valence-corrected chi connectivity index (χ3v) is 4.70. The minimum Gasteiger partial charge on any atom is -0.393 e. The third kappa shape index (κ3) is 4.24. The van der Waals surface area contributed by atoms with Gasteiger partial charge < -0.3 is 20.1 Å². The Balaban J connectivity index is 1.69. The molecule has 5 nitrogen and oxygen atoms in total. The molecule has 0 aromatic heterocycles. The molecule has 2 aliphatic rings. The molecule has 0 radical (unpaired) electrons. The van der Waals surface area contributed by atoms with E-state index in [4.69, 9.17) is 4.74 Å². The Morgan fingerprint density at radius 3 is 2.75 bits per heavy atom. The smallest absolute Gasteiger partial charge is 0.318 e. The lowest BCUT2D eigenvalue weighted by Gasteiger charge is -2.37. The molecule has 3 atom stereocenters. The standard InChI is InChI=1S/C18H25FN2O3/c1-12(22)10-16-11-24-9-8-21(16)18(23)20-17(13-2-3-13)14-4-6-15(19)7-5-14/h4-7,12-13,16-17,22H,2-3,8-11H2,1H3,(H,20,23)/t12-,16+,17+/m0/s1. The van der Waals surface area contributed by atoms with E-state index in [1.54, 1.807) is 24.0 Å². The predicted octanol–water partition coefficient (Wildman–Crippen LogP) is 2.46. The first-order chi connectivity index (χ1) is 11.5. The Bertz CT molecular complexity index is 560.